The molecule has 0 atom stereocenters. The third-order valence-corrected chi connectivity index (χ3v) is 3.43. The van der Waals surface area contributed by atoms with Crippen LogP contribution >= 0.6 is 11.6 Å². The first-order valence-electron chi connectivity index (χ1n) is 6.37. The van der Waals surface area contributed by atoms with Gasteiger partial charge in [0, 0.05) is 11.7 Å². The molecular weight excluding hydrogens is 333 g/mol. The number of para-hydroxylation sites is 2. The second-order valence-corrected chi connectivity index (χ2v) is 4.94. The van der Waals surface area contributed by atoms with E-state index in [4.69, 9.17) is 11.6 Å². The molecule has 1 aliphatic heterocycles. The van der Waals surface area contributed by atoms with Crippen LogP contribution in [0.5, 0.6) is 5.75 Å². The summed E-state index contributed by atoms with van der Waals surface area (Å²) in [7, 11) is -1.39. The highest BCUT2D eigenvalue weighted by Gasteiger charge is 2.37. The number of aromatic nitrogens is 1. The van der Waals surface area contributed by atoms with Gasteiger partial charge in [-0.2, -0.15) is 5.10 Å². The molecule has 0 aliphatic carbocycles. The summed E-state index contributed by atoms with van der Waals surface area (Å²) in [5.41, 5.74) is 0.730. The van der Waals surface area contributed by atoms with Crippen LogP contribution in [-0.4, -0.2) is 29.6 Å². The van der Waals surface area contributed by atoms with Crippen LogP contribution in [0, 0.1) is 0 Å². The molecule has 118 valence electrons. The van der Waals surface area contributed by atoms with Gasteiger partial charge in [0.15, 0.2) is 5.75 Å². The van der Waals surface area contributed by atoms with E-state index < -0.39 is 19.2 Å². The third-order valence-electron chi connectivity index (χ3n) is 3.12. The Kier molecular flexibility index (Phi) is 3.91. The summed E-state index contributed by atoms with van der Waals surface area (Å²) in [5.74, 6) is -0.486. The molecule has 1 aliphatic rings. The summed E-state index contributed by atoms with van der Waals surface area (Å²) in [4.78, 5) is 4.84. The van der Waals surface area contributed by atoms with Crippen molar-refractivity contribution in [3.05, 3.63) is 47.2 Å². The summed E-state index contributed by atoms with van der Waals surface area (Å²) in [6.45, 7) is 0. The summed E-state index contributed by atoms with van der Waals surface area (Å²) < 4.78 is 41.5. The van der Waals surface area contributed by atoms with Crippen molar-refractivity contribution in [3.63, 3.8) is 0 Å². The molecule has 0 saturated carbocycles. The van der Waals surface area contributed by atoms with E-state index in [-0.39, 0.29) is 16.3 Å². The second kappa shape index (κ2) is 5.75. The molecule has 0 unspecified atom stereocenters. The van der Waals surface area contributed by atoms with Gasteiger partial charge in [-0.3, -0.25) is 4.92 Å². The van der Waals surface area contributed by atoms with Crippen molar-refractivity contribution in [2.75, 3.05) is 4.92 Å². The zero-order valence-corrected chi connectivity index (χ0v) is 12.1. The number of rotatable bonds is 2. The zero-order chi connectivity index (χ0) is 16.6. The van der Waals surface area contributed by atoms with Crippen LogP contribution in [0.25, 0.3) is 0 Å². The lowest BCUT2D eigenvalue weighted by molar-refractivity contribution is -0.274. The van der Waals surface area contributed by atoms with E-state index in [1.807, 2.05) is 0 Å². The van der Waals surface area contributed by atoms with Gasteiger partial charge in [0.2, 0.25) is 0 Å². The van der Waals surface area contributed by atoms with Gasteiger partial charge in [0.25, 0.3) is 0 Å². The standard InChI is InChI=1S/C13H8BClF3N3O2/c15-12-11-8(5-6-19-12)7-20-21(14(11)22)9-3-1-2-4-10(9)23-13(16,17)18/h1-7,22H. The predicted molar refractivity (Wildman–Crippen MR) is 80.1 cm³/mol. The lowest BCUT2D eigenvalue weighted by Crippen LogP contribution is -2.51. The molecule has 0 spiro atoms. The van der Waals surface area contributed by atoms with Crippen LogP contribution in [0.1, 0.15) is 5.56 Å². The lowest BCUT2D eigenvalue weighted by atomic mass is 9.70. The SMILES string of the molecule is OB1c2c(ccnc2Cl)C=NN1c1ccccc1OC(F)(F)F. The highest BCUT2D eigenvalue weighted by atomic mass is 35.5. The smallest absolute Gasteiger partial charge is 0.427 e. The maximum absolute atomic E-state index is 12.5. The zero-order valence-electron chi connectivity index (χ0n) is 11.3. The Labute approximate surface area is 134 Å². The normalized spacial score (nSPS) is 14.0. The number of benzene rings is 1. The van der Waals surface area contributed by atoms with Crippen molar-refractivity contribution >= 4 is 36.0 Å². The van der Waals surface area contributed by atoms with Gasteiger partial charge in [-0.25, -0.2) is 4.98 Å². The summed E-state index contributed by atoms with van der Waals surface area (Å²) in [6, 6.07) is 6.94. The Morgan fingerprint density at radius 1 is 1.22 bits per heavy atom. The number of fused-ring (bicyclic) bond motifs is 1. The quantitative estimate of drug-likeness (QED) is 0.672. The maximum atomic E-state index is 12.5. The Morgan fingerprint density at radius 2 is 1.96 bits per heavy atom. The van der Waals surface area contributed by atoms with Crippen LogP contribution in [0.3, 0.4) is 0 Å². The fourth-order valence-corrected chi connectivity index (χ4v) is 2.45. The molecule has 0 fully saturated rings. The fourth-order valence-electron chi connectivity index (χ4n) is 2.19. The molecule has 1 N–H and O–H groups in total. The van der Waals surface area contributed by atoms with Crippen molar-refractivity contribution in [3.8, 4) is 5.75 Å². The molecule has 0 saturated heterocycles. The fraction of sp³-hybridized carbons (Fsp3) is 0.0769. The van der Waals surface area contributed by atoms with Gasteiger partial charge < -0.3 is 9.76 Å². The molecule has 10 heteroatoms. The maximum Gasteiger partial charge on any atom is 0.573 e. The molecule has 0 bridgehead atoms. The van der Waals surface area contributed by atoms with E-state index >= 15 is 0 Å². The van der Waals surface area contributed by atoms with Gasteiger partial charge >= 0.3 is 13.4 Å². The van der Waals surface area contributed by atoms with Gasteiger partial charge in [-0.15, -0.1) is 13.2 Å². The Morgan fingerprint density at radius 3 is 2.70 bits per heavy atom. The van der Waals surface area contributed by atoms with Crippen LogP contribution in [0.4, 0.5) is 18.9 Å². The van der Waals surface area contributed by atoms with Crippen molar-refractivity contribution in [2.45, 2.75) is 6.36 Å². The number of anilines is 1. The number of hydrazone groups is 1. The first-order chi connectivity index (χ1) is 10.9. The van der Waals surface area contributed by atoms with Crippen molar-refractivity contribution < 1.29 is 22.9 Å². The molecule has 2 heterocycles. The first kappa shape index (κ1) is 15.6. The number of pyridine rings is 1. The van der Waals surface area contributed by atoms with Crippen molar-refractivity contribution in [1.29, 1.82) is 0 Å². The minimum absolute atomic E-state index is 0.0420. The number of hydrogen-bond acceptors (Lipinski definition) is 5. The largest absolute Gasteiger partial charge is 0.573 e. The number of halogens is 4. The van der Waals surface area contributed by atoms with Gasteiger partial charge in [-0.05, 0) is 23.8 Å². The topological polar surface area (TPSA) is 58.0 Å². The van der Waals surface area contributed by atoms with E-state index in [1.165, 1.54) is 30.6 Å². The van der Waals surface area contributed by atoms with Crippen LogP contribution in [-0.2, 0) is 0 Å². The second-order valence-electron chi connectivity index (χ2n) is 4.58. The van der Waals surface area contributed by atoms with E-state index in [0.29, 0.717) is 5.56 Å². The van der Waals surface area contributed by atoms with Crippen molar-refractivity contribution in [2.24, 2.45) is 5.10 Å². The Balaban J connectivity index is 2.03. The predicted octanol–water partition coefficient (Wildman–Crippen LogP) is 2.18. The molecule has 1 aromatic heterocycles. The van der Waals surface area contributed by atoms with E-state index in [1.54, 1.807) is 6.07 Å². The van der Waals surface area contributed by atoms with Crippen LogP contribution < -0.4 is 15.1 Å². The Bertz CT molecular complexity index is 772. The number of alkyl halides is 3. The minimum Gasteiger partial charge on any atom is -0.427 e. The molecule has 0 amide bonds. The minimum atomic E-state index is -4.86. The Hall–Kier alpha value is -2.26. The number of nitrogens with zero attached hydrogens (tertiary/aromatic N) is 3. The molecule has 2 aromatic rings. The summed E-state index contributed by atoms with van der Waals surface area (Å²) in [5, 5.41) is 14.4. The highest BCUT2D eigenvalue weighted by molar-refractivity contribution is 6.74. The molecule has 0 radical (unpaired) electrons. The summed E-state index contributed by atoms with van der Waals surface area (Å²) in [6.07, 6.45) is -2.05. The molecular formula is C13H8BClF3N3O2. The lowest BCUT2D eigenvalue weighted by Gasteiger charge is -2.28. The molecule has 23 heavy (non-hydrogen) atoms. The highest BCUT2D eigenvalue weighted by Crippen LogP contribution is 2.34. The van der Waals surface area contributed by atoms with Crippen LogP contribution in [0.15, 0.2) is 41.6 Å². The summed E-state index contributed by atoms with van der Waals surface area (Å²) >= 11 is 5.97. The third kappa shape index (κ3) is 3.11. The van der Waals surface area contributed by atoms with Gasteiger partial charge in [0.05, 0.1) is 11.9 Å². The van der Waals surface area contributed by atoms with Crippen molar-refractivity contribution in [1.82, 2.24) is 4.98 Å². The van der Waals surface area contributed by atoms with Gasteiger partial charge in [-0.1, -0.05) is 23.7 Å². The molecule has 3 rings (SSSR count). The number of hydrogen-bond donors (Lipinski definition) is 1. The monoisotopic (exact) mass is 341 g/mol. The first-order valence-corrected chi connectivity index (χ1v) is 6.75. The van der Waals surface area contributed by atoms with Crippen LogP contribution in [0.2, 0.25) is 5.15 Å². The van der Waals surface area contributed by atoms with E-state index in [0.717, 1.165) is 11.0 Å². The van der Waals surface area contributed by atoms with Gasteiger partial charge in [0.1, 0.15) is 5.15 Å². The van der Waals surface area contributed by atoms with E-state index in [9.17, 15) is 18.2 Å². The molecule has 5 nitrogen and oxygen atoms in total. The number of ether oxygens (including phenoxy) is 1. The average Bonchev–Trinajstić information content (AvgIpc) is 2.47. The average molecular weight is 341 g/mol. The molecule has 1 aromatic carbocycles. The van der Waals surface area contributed by atoms with E-state index in [2.05, 4.69) is 14.8 Å².